The first-order valence-electron chi connectivity index (χ1n) is 9.01. The number of aryl methyl sites for hydroxylation is 1. The van der Waals surface area contributed by atoms with Crippen molar-refractivity contribution >= 4 is 21.5 Å². The van der Waals surface area contributed by atoms with Crippen molar-refractivity contribution in [2.24, 2.45) is 5.92 Å². The molecule has 27 heavy (non-hydrogen) atoms. The Balaban J connectivity index is 2.56. The van der Waals surface area contributed by atoms with Gasteiger partial charge in [0.15, 0.2) is 5.78 Å². The molecule has 0 radical (unpaired) electrons. The number of hydrogen-bond donors (Lipinski definition) is 0. The minimum atomic E-state index is -3.82. The Labute approximate surface area is 162 Å². The van der Waals surface area contributed by atoms with Crippen LogP contribution in [0.5, 0.6) is 5.75 Å². The van der Waals surface area contributed by atoms with Crippen LogP contribution in [0.2, 0.25) is 0 Å². The Kier molecular flexibility index (Phi) is 6.65. The third-order valence-electron chi connectivity index (χ3n) is 4.30. The van der Waals surface area contributed by atoms with Gasteiger partial charge in [-0.25, -0.2) is 8.42 Å². The fraction of sp³-hybridized carbons (Fsp3) is 0.381. The van der Waals surface area contributed by atoms with Crippen molar-refractivity contribution in [2.75, 3.05) is 18.0 Å². The van der Waals surface area contributed by atoms with Crippen LogP contribution in [0.1, 0.15) is 43.6 Å². The summed E-state index contributed by atoms with van der Waals surface area (Å²) in [4.78, 5) is 12.0. The molecule has 0 amide bonds. The predicted octanol–water partition coefficient (Wildman–Crippen LogP) is 4.31. The van der Waals surface area contributed by atoms with E-state index in [2.05, 4.69) is 6.92 Å². The fourth-order valence-electron chi connectivity index (χ4n) is 2.82. The van der Waals surface area contributed by atoms with Crippen molar-refractivity contribution < 1.29 is 17.9 Å². The number of ketones is 1. The smallest absolute Gasteiger partial charge is 0.264 e. The quantitative estimate of drug-likeness (QED) is 0.631. The molecule has 2 aromatic rings. The number of nitrogens with zero attached hydrogens (tertiary/aromatic N) is 1. The summed E-state index contributed by atoms with van der Waals surface area (Å²) in [6.07, 6.45) is 0.887. The van der Waals surface area contributed by atoms with Crippen molar-refractivity contribution in [1.82, 2.24) is 0 Å². The fourth-order valence-corrected chi connectivity index (χ4v) is 4.48. The molecular weight excluding hydrogens is 362 g/mol. The van der Waals surface area contributed by atoms with Crippen molar-refractivity contribution in [3.63, 3.8) is 0 Å². The Morgan fingerprint density at radius 1 is 1.11 bits per heavy atom. The van der Waals surface area contributed by atoms with Crippen LogP contribution in [0.15, 0.2) is 47.4 Å². The summed E-state index contributed by atoms with van der Waals surface area (Å²) >= 11 is 0. The molecule has 0 unspecified atom stereocenters. The van der Waals surface area contributed by atoms with E-state index in [4.69, 9.17) is 4.74 Å². The maximum absolute atomic E-state index is 13.4. The number of carbonyl (C=O) groups is 1. The largest absolute Gasteiger partial charge is 0.496 e. The van der Waals surface area contributed by atoms with E-state index < -0.39 is 10.0 Å². The van der Waals surface area contributed by atoms with Gasteiger partial charge in [-0.1, -0.05) is 32.9 Å². The van der Waals surface area contributed by atoms with Gasteiger partial charge in [-0.15, -0.1) is 0 Å². The number of Topliss-reactive ketones (excluding diaryl/α,β-unsaturated/α-hetero) is 1. The van der Waals surface area contributed by atoms with Crippen LogP contribution in [0, 0.1) is 5.92 Å². The maximum atomic E-state index is 13.4. The van der Waals surface area contributed by atoms with Gasteiger partial charge in [-0.05, 0) is 55.2 Å². The lowest BCUT2D eigenvalue weighted by molar-refractivity contribution is 0.101. The van der Waals surface area contributed by atoms with Gasteiger partial charge in [0, 0.05) is 6.54 Å². The highest BCUT2D eigenvalue weighted by molar-refractivity contribution is 7.92. The Bertz CT molecular complexity index is 902. The molecule has 2 rings (SSSR count). The lowest BCUT2D eigenvalue weighted by atomic mass is 10.1. The van der Waals surface area contributed by atoms with Gasteiger partial charge in [-0.2, -0.15) is 0 Å². The van der Waals surface area contributed by atoms with Gasteiger partial charge in [0.25, 0.3) is 10.0 Å². The summed E-state index contributed by atoms with van der Waals surface area (Å²) < 4.78 is 33.3. The Hall–Kier alpha value is -2.34. The zero-order valence-electron chi connectivity index (χ0n) is 16.5. The minimum Gasteiger partial charge on any atom is -0.496 e. The van der Waals surface area contributed by atoms with Gasteiger partial charge in [-0.3, -0.25) is 9.10 Å². The van der Waals surface area contributed by atoms with E-state index >= 15 is 0 Å². The molecule has 0 bridgehead atoms. The Morgan fingerprint density at radius 2 is 1.74 bits per heavy atom. The summed E-state index contributed by atoms with van der Waals surface area (Å²) in [6.45, 7) is 7.73. The topological polar surface area (TPSA) is 63.7 Å². The van der Waals surface area contributed by atoms with Crippen molar-refractivity contribution in [3.8, 4) is 5.75 Å². The van der Waals surface area contributed by atoms with E-state index in [1.54, 1.807) is 0 Å². The minimum absolute atomic E-state index is 0.0775. The zero-order valence-corrected chi connectivity index (χ0v) is 17.3. The van der Waals surface area contributed by atoms with E-state index in [-0.39, 0.29) is 22.2 Å². The number of ether oxygens (including phenoxy) is 1. The van der Waals surface area contributed by atoms with Crippen LogP contribution in [-0.2, 0) is 16.4 Å². The number of sulfonamides is 1. The second-order valence-electron chi connectivity index (χ2n) is 6.87. The molecule has 0 saturated heterocycles. The van der Waals surface area contributed by atoms with E-state index in [9.17, 15) is 13.2 Å². The molecule has 0 aliphatic carbocycles. The molecule has 0 aromatic heterocycles. The number of rotatable bonds is 8. The maximum Gasteiger partial charge on any atom is 0.264 e. The highest BCUT2D eigenvalue weighted by Crippen LogP contribution is 2.29. The van der Waals surface area contributed by atoms with E-state index in [0.29, 0.717) is 18.0 Å². The Morgan fingerprint density at radius 3 is 2.22 bits per heavy atom. The van der Waals surface area contributed by atoms with E-state index in [1.807, 2.05) is 38.1 Å². The summed E-state index contributed by atoms with van der Waals surface area (Å²) in [6, 6.07) is 11.9. The number of carbonyl (C=O) groups excluding carboxylic acids is 1. The van der Waals surface area contributed by atoms with Crippen molar-refractivity contribution in [3.05, 3.63) is 53.6 Å². The highest BCUT2D eigenvalue weighted by atomic mass is 32.2. The third-order valence-corrected chi connectivity index (χ3v) is 6.09. The molecule has 0 spiro atoms. The molecule has 0 atom stereocenters. The van der Waals surface area contributed by atoms with Crippen molar-refractivity contribution in [2.45, 2.75) is 39.0 Å². The van der Waals surface area contributed by atoms with Gasteiger partial charge < -0.3 is 4.74 Å². The standard InChI is InChI=1S/C21H27NO4S/c1-6-17-7-9-18(10-8-17)22(14-15(2)3)27(24,25)19-11-12-21(26-5)20(13-19)16(4)23/h7-13,15H,6,14H2,1-5H3. The lowest BCUT2D eigenvalue weighted by Crippen LogP contribution is -2.34. The normalized spacial score (nSPS) is 11.5. The molecule has 0 aliphatic rings. The number of benzene rings is 2. The van der Waals surface area contributed by atoms with Crippen molar-refractivity contribution in [1.29, 1.82) is 0 Å². The summed E-state index contributed by atoms with van der Waals surface area (Å²) in [5, 5.41) is 0. The van der Waals surface area contributed by atoms with E-state index in [0.717, 1.165) is 12.0 Å². The molecule has 146 valence electrons. The van der Waals surface area contributed by atoms with E-state index in [1.165, 1.54) is 36.5 Å². The average molecular weight is 390 g/mol. The van der Waals surface area contributed by atoms with Crippen LogP contribution >= 0.6 is 0 Å². The van der Waals surface area contributed by atoms with Gasteiger partial charge in [0.05, 0.1) is 23.3 Å². The zero-order chi connectivity index (χ0) is 20.2. The summed E-state index contributed by atoms with van der Waals surface area (Å²) in [5.41, 5.74) is 2.01. The van der Waals surface area contributed by atoms with Gasteiger partial charge in [0.2, 0.25) is 0 Å². The van der Waals surface area contributed by atoms with Gasteiger partial charge >= 0.3 is 0 Å². The SMILES string of the molecule is CCc1ccc(N(CC(C)C)S(=O)(=O)c2ccc(OC)c(C(C)=O)c2)cc1. The lowest BCUT2D eigenvalue weighted by Gasteiger charge is -2.26. The summed E-state index contributed by atoms with van der Waals surface area (Å²) in [5.74, 6) is 0.256. The van der Waals surface area contributed by atoms with Crippen LogP contribution in [0.4, 0.5) is 5.69 Å². The van der Waals surface area contributed by atoms with Crippen LogP contribution in [0.3, 0.4) is 0 Å². The molecular formula is C21H27NO4S. The molecule has 0 aliphatic heterocycles. The summed E-state index contributed by atoms with van der Waals surface area (Å²) in [7, 11) is -2.37. The second-order valence-corrected chi connectivity index (χ2v) is 8.73. The molecule has 0 heterocycles. The molecule has 6 heteroatoms. The highest BCUT2D eigenvalue weighted by Gasteiger charge is 2.27. The first-order chi connectivity index (χ1) is 12.7. The monoisotopic (exact) mass is 389 g/mol. The molecule has 5 nitrogen and oxygen atoms in total. The number of methoxy groups -OCH3 is 1. The average Bonchev–Trinajstić information content (AvgIpc) is 2.65. The molecule has 2 aromatic carbocycles. The molecule has 0 fully saturated rings. The number of anilines is 1. The van der Waals surface area contributed by atoms with Gasteiger partial charge in [0.1, 0.15) is 5.75 Å². The second kappa shape index (κ2) is 8.57. The molecule has 0 N–H and O–H groups in total. The first kappa shape index (κ1) is 21.0. The molecule has 0 saturated carbocycles. The third kappa shape index (κ3) is 4.69. The van der Waals surface area contributed by atoms with Crippen LogP contribution in [-0.4, -0.2) is 27.9 Å². The van der Waals surface area contributed by atoms with Crippen LogP contribution in [0.25, 0.3) is 0 Å². The first-order valence-corrected chi connectivity index (χ1v) is 10.4. The number of hydrogen-bond acceptors (Lipinski definition) is 4. The van der Waals surface area contributed by atoms with Crippen LogP contribution < -0.4 is 9.04 Å². The predicted molar refractivity (Wildman–Crippen MR) is 108 cm³/mol.